The zero-order chi connectivity index (χ0) is 12.7. The Bertz CT molecular complexity index is 370. The number of nitrogens with zero attached hydrogens (tertiary/aromatic N) is 1. The highest BCUT2D eigenvalue weighted by molar-refractivity contribution is 5.67. The summed E-state index contributed by atoms with van der Waals surface area (Å²) in [5.74, 6) is -0.774. The van der Waals surface area contributed by atoms with E-state index in [4.69, 9.17) is 5.11 Å². The van der Waals surface area contributed by atoms with Gasteiger partial charge < -0.3 is 10.0 Å². The molecule has 17 heavy (non-hydrogen) atoms. The van der Waals surface area contributed by atoms with Crippen LogP contribution in [0.25, 0.3) is 0 Å². The Kier molecular flexibility index (Phi) is 5.27. The standard InChI is InChI=1S/C14H19NO2/c1-3-10-15(11-9-14(16)17)13-7-5-12(4-2)6-8-13/h3,5-8H,1,4,9-11H2,2H3,(H,16,17). The summed E-state index contributed by atoms with van der Waals surface area (Å²) >= 11 is 0. The predicted molar refractivity (Wildman–Crippen MR) is 70.5 cm³/mol. The molecule has 0 amide bonds. The van der Waals surface area contributed by atoms with Gasteiger partial charge >= 0.3 is 5.97 Å². The van der Waals surface area contributed by atoms with Crippen LogP contribution in [0, 0.1) is 0 Å². The lowest BCUT2D eigenvalue weighted by Crippen LogP contribution is -2.26. The lowest BCUT2D eigenvalue weighted by molar-refractivity contribution is -0.136. The largest absolute Gasteiger partial charge is 0.481 e. The molecular formula is C14H19NO2. The van der Waals surface area contributed by atoms with Crippen molar-refractivity contribution < 1.29 is 9.90 Å². The number of hydrogen-bond donors (Lipinski definition) is 1. The van der Waals surface area contributed by atoms with Crippen molar-refractivity contribution in [3.63, 3.8) is 0 Å². The van der Waals surface area contributed by atoms with E-state index in [1.54, 1.807) is 6.08 Å². The first-order chi connectivity index (χ1) is 8.17. The number of carboxylic acid groups (broad SMARTS) is 1. The fourth-order valence-electron chi connectivity index (χ4n) is 1.65. The molecule has 92 valence electrons. The summed E-state index contributed by atoms with van der Waals surface area (Å²) in [5, 5.41) is 8.71. The second-order valence-electron chi connectivity index (χ2n) is 3.90. The van der Waals surface area contributed by atoms with E-state index in [-0.39, 0.29) is 6.42 Å². The van der Waals surface area contributed by atoms with Crippen LogP contribution in [-0.4, -0.2) is 24.2 Å². The molecule has 0 fully saturated rings. The molecule has 0 aromatic heterocycles. The Morgan fingerprint density at radius 2 is 2.06 bits per heavy atom. The molecule has 0 saturated carbocycles. The van der Waals surface area contributed by atoms with E-state index in [1.165, 1.54) is 5.56 Å². The van der Waals surface area contributed by atoms with Crippen molar-refractivity contribution in [1.82, 2.24) is 0 Å². The van der Waals surface area contributed by atoms with Gasteiger partial charge in [-0.15, -0.1) is 6.58 Å². The number of aryl methyl sites for hydroxylation is 1. The van der Waals surface area contributed by atoms with E-state index < -0.39 is 5.97 Å². The van der Waals surface area contributed by atoms with Gasteiger partial charge in [-0.25, -0.2) is 0 Å². The summed E-state index contributed by atoms with van der Waals surface area (Å²) in [6, 6.07) is 8.22. The summed E-state index contributed by atoms with van der Waals surface area (Å²) in [6.07, 6.45) is 2.94. The van der Waals surface area contributed by atoms with Crippen LogP contribution in [-0.2, 0) is 11.2 Å². The molecular weight excluding hydrogens is 214 g/mol. The Hall–Kier alpha value is -1.77. The maximum Gasteiger partial charge on any atom is 0.305 e. The van der Waals surface area contributed by atoms with Crippen molar-refractivity contribution in [2.24, 2.45) is 0 Å². The van der Waals surface area contributed by atoms with Gasteiger partial charge in [-0.05, 0) is 24.1 Å². The van der Waals surface area contributed by atoms with E-state index >= 15 is 0 Å². The first-order valence-corrected chi connectivity index (χ1v) is 5.84. The average Bonchev–Trinajstić information content (AvgIpc) is 2.34. The minimum Gasteiger partial charge on any atom is -0.481 e. The minimum atomic E-state index is -0.774. The summed E-state index contributed by atoms with van der Waals surface area (Å²) in [7, 11) is 0. The Morgan fingerprint density at radius 3 is 2.53 bits per heavy atom. The summed E-state index contributed by atoms with van der Waals surface area (Å²) in [4.78, 5) is 12.6. The van der Waals surface area contributed by atoms with Crippen molar-refractivity contribution in [2.75, 3.05) is 18.0 Å². The molecule has 1 rings (SSSR count). The van der Waals surface area contributed by atoms with Gasteiger partial charge in [-0.2, -0.15) is 0 Å². The molecule has 3 nitrogen and oxygen atoms in total. The summed E-state index contributed by atoms with van der Waals surface area (Å²) in [5.41, 5.74) is 2.33. The topological polar surface area (TPSA) is 40.5 Å². The van der Waals surface area contributed by atoms with Crippen LogP contribution in [0.3, 0.4) is 0 Å². The van der Waals surface area contributed by atoms with Gasteiger partial charge in [0.1, 0.15) is 0 Å². The van der Waals surface area contributed by atoms with E-state index in [2.05, 4.69) is 25.6 Å². The Balaban J connectivity index is 2.73. The maximum atomic E-state index is 10.6. The molecule has 0 unspecified atom stereocenters. The smallest absolute Gasteiger partial charge is 0.305 e. The predicted octanol–water partition coefficient (Wildman–Crippen LogP) is 2.72. The van der Waals surface area contributed by atoms with Crippen LogP contribution in [0.1, 0.15) is 18.9 Å². The van der Waals surface area contributed by atoms with Gasteiger partial charge in [0.05, 0.1) is 6.42 Å². The number of carboxylic acids is 1. The molecule has 0 atom stereocenters. The van der Waals surface area contributed by atoms with Gasteiger partial charge in [0, 0.05) is 18.8 Å². The zero-order valence-electron chi connectivity index (χ0n) is 10.2. The quantitative estimate of drug-likeness (QED) is 0.736. The second kappa shape index (κ2) is 6.74. The molecule has 1 aromatic carbocycles. The van der Waals surface area contributed by atoms with Crippen LogP contribution < -0.4 is 4.90 Å². The number of carbonyl (C=O) groups is 1. The summed E-state index contributed by atoms with van der Waals surface area (Å²) in [6.45, 7) is 6.98. The third-order valence-electron chi connectivity index (χ3n) is 2.65. The lowest BCUT2D eigenvalue weighted by Gasteiger charge is -2.22. The van der Waals surface area contributed by atoms with E-state index in [0.29, 0.717) is 13.1 Å². The van der Waals surface area contributed by atoms with E-state index in [1.807, 2.05) is 17.0 Å². The van der Waals surface area contributed by atoms with Gasteiger partial charge in [-0.3, -0.25) is 4.79 Å². The van der Waals surface area contributed by atoms with Crippen LogP contribution in [0.5, 0.6) is 0 Å². The normalized spacial score (nSPS) is 9.94. The molecule has 0 bridgehead atoms. The molecule has 0 saturated heterocycles. The first-order valence-electron chi connectivity index (χ1n) is 5.84. The highest BCUT2D eigenvalue weighted by Crippen LogP contribution is 2.16. The van der Waals surface area contributed by atoms with Crippen LogP contribution in [0.2, 0.25) is 0 Å². The zero-order valence-corrected chi connectivity index (χ0v) is 10.2. The number of anilines is 1. The molecule has 3 heteroatoms. The highest BCUT2D eigenvalue weighted by atomic mass is 16.4. The molecule has 0 spiro atoms. The van der Waals surface area contributed by atoms with Crippen molar-refractivity contribution in [2.45, 2.75) is 19.8 Å². The van der Waals surface area contributed by atoms with Gasteiger partial charge in [0.2, 0.25) is 0 Å². The fourth-order valence-corrected chi connectivity index (χ4v) is 1.65. The Labute approximate surface area is 102 Å². The third-order valence-corrected chi connectivity index (χ3v) is 2.65. The van der Waals surface area contributed by atoms with Crippen molar-refractivity contribution >= 4 is 11.7 Å². The molecule has 0 radical (unpaired) electrons. The van der Waals surface area contributed by atoms with Crippen LogP contribution in [0.15, 0.2) is 36.9 Å². The monoisotopic (exact) mass is 233 g/mol. The number of benzene rings is 1. The fraction of sp³-hybridized carbons (Fsp3) is 0.357. The molecule has 0 aliphatic heterocycles. The molecule has 1 aromatic rings. The first kappa shape index (κ1) is 13.3. The average molecular weight is 233 g/mol. The molecule has 1 N–H and O–H groups in total. The number of hydrogen-bond acceptors (Lipinski definition) is 2. The molecule has 0 aliphatic rings. The van der Waals surface area contributed by atoms with E-state index in [0.717, 1.165) is 12.1 Å². The minimum absolute atomic E-state index is 0.142. The highest BCUT2D eigenvalue weighted by Gasteiger charge is 2.06. The number of rotatable bonds is 7. The molecule has 0 aliphatic carbocycles. The van der Waals surface area contributed by atoms with Crippen molar-refractivity contribution in [1.29, 1.82) is 0 Å². The van der Waals surface area contributed by atoms with Crippen LogP contribution in [0.4, 0.5) is 5.69 Å². The van der Waals surface area contributed by atoms with Crippen molar-refractivity contribution in [3.8, 4) is 0 Å². The SMILES string of the molecule is C=CCN(CCC(=O)O)c1ccc(CC)cc1. The van der Waals surface area contributed by atoms with Gasteiger partial charge in [-0.1, -0.05) is 25.1 Å². The van der Waals surface area contributed by atoms with Crippen molar-refractivity contribution in [3.05, 3.63) is 42.5 Å². The van der Waals surface area contributed by atoms with Gasteiger partial charge in [0.15, 0.2) is 0 Å². The number of aliphatic carboxylic acids is 1. The van der Waals surface area contributed by atoms with Gasteiger partial charge in [0.25, 0.3) is 0 Å². The maximum absolute atomic E-state index is 10.6. The summed E-state index contributed by atoms with van der Waals surface area (Å²) < 4.78 is 0. The second-order valence-corrected chi connectivity index (χ2v) is 3.90. The Morgan fingerprint density at radius 1 is 1.41 bits per heavy atom. The third kappa shape index (κ3) is 4.31. The lowest BCUT2D eigenvalue weighted by atomic mass is 10.1. The molecule has 0 heterocycles. The van der Waals surface area contributed by atoms with E-state index in [9.17, 15) is 4.79 Å². The van der Waals surface area contributed by atoms with Crippen LogP contribution >= 0.6 is 0 Å².